The van der Waals surface area contributed by atoms with E-state index in [0.29, 0.717) is 12.2 Å². The molecule has 0 saturated carbocycles. The van der Waals surface area contributed by atoms with E-state index in [2.05, 4.69) is 5.32 Å². The number of amides is 1. The summed E-state index contributed by atoms with van der Waals surface area (Å²) in [6.07, 6.45) is -4.16. The molecule has 3 rings (SSSR count). The molecule has 2 aliphatic rings. The van der Waals surface area contributed by atoms with Crippen LogP contribution in [0.3, 0.4) is 0 Å². The van der Waals surface area contributed by atoms with Crippen LogP contribution in [0.2, 0.25) is 0 Å². The zero-order valence-corrected chi connectivity index (χ0v) is 10.5. The highest BCUT2D eigenvalue weighted by Crippen LogP contribution is 2.37. The smallest absolute Gasteiger partial charge is 0.416 e. The maximum Gasteiger partial charge on any atom is 0.416 e. The number of hydrogen-bond donors (Lipinski definition) is 1. The molecular formula is C13H13F3N2O2. The zero-order valence-electron chi connectivity index (χ0n) is 10.5. The summed E-state index contributed by atoms with van der Waals surface area (Å²) in [7, 11) is 0. The average molecular weight is 286 g/mol. The van der Waals surface area contributed by atoms with Crippen molar-refractivity contribution in [2.75, 3.05) is 24.6 Å². The number of nitrogens with zero attached hydrogens (tertiary/aromatic N) is 1. The Bertz CT molecular complexity index is 521. The van der Waals surface area contributed by atoms with Gasteiger partial charge in [0, 0.05) is 12.2 Å². The lowest BCUT2D eigenvalue weighted by Crippen LogP contribution is -2.49. The number of carbonyl (C=O) groups excluding carboxylic acids is 1. The summed E-state index contributed by atoms with van der Waals surface area (Å²) < 4.78 is 42.7. The summed E-state index contributed by atoms with van der Waals surface area (Å²) in [5.41, 5.74) is -0.770. The summed E-state index contributed by atoms with van der Waals surface area (Å²) in [4.78, 5) is 13.3. The number of hydrogen-bond acceptors (Lipinski definition) is 3. The van der Waals surface area contributed by atoms with Crippen LogP contribution in [0.25, 0.3) is 0 Å². The van der Waals surface area contributed by atoms with E-state index in [-0.39, 0.29) is 6.61 Å². The molecule has 0 radical (unpaired) electrons. The van der Waals surface area contributed by atoms with Crippen LogP contribution in [0.1, 0.15) is 12.0 Å². The third-order valence-electron chi connectivity index (χ3n) is 3.80. The Balaban J connectivity index is 1.93. The van der Waals surface area contributed by atoms with Gasteiger partial charge in [-0.2, -0.15) is 13.2 Å². The van der Waals surface area contributed by atoms with Gasteiger partial charge in [0.05, 0.1) is 11.1 Å². The van der Waals surface area contributed by atoms with Crippen LogP contribution in [0.15, 0.2) is 24.3 Å². The second-order valence-electron chi connectivity index (χ2n) is 5.09. The predicted octanol–water partition coefficient (Wildman–Crippen LogP) is 2.39. The van der Waals surface area contributed by atoms with E-state index >= 15 is 0 Å². The van der Waals surface area contributed by atoms with E-state index in [1.54, 1.807) is 0 Å². The number of ether oxygens (including phenoxy) is 1. The lowest BCUT2D eigenvalue weighted by Gasteiger charge is -2.30. The van der Waals surface area contributed by atoms with Gasteiger partial charge < -0.3 is 10.1 Å². The molecule has 1 atom stereocenters. The first-order chi connectivity index (χ1) is 9.42. The highest BCUT2D eigenvalue weighted by Gasteiger charge is 2.50. The minimum absolute atomic E-state index is 0.264. The number of alkyl halides is 3. The summed E-state index contributed by atoms with van der Waals surface area (Å²) in [6, 6.07) is 4.60. The molecule has 1 unspecified atom stereocenters. The standard InChI is InChI=1S/C13H13F3N2O2/c14-13(15,16)9-1-3-10(4-2-9)18-11(19)20-8-12(18)5-6-17-7-12/h1-4,17H,5-8H2. The molecule has 1 aromatic rings. The van der Waals surface area contributed by atoms with Crippen LogP contribution < -0.4 is 10.2 Å². The van der Waals surface area contributed by atoms with Crippen LogP contribution in [0.5, 0.6) is 0 Å². The molecule has 0 aliphatic carbocycles. The van der Waals surface area contributed by atoms with Crippen molar-refractivity contribution in [1.29, 1.82) is 0 Å². The van der Waals surface area contributed by atoms with Crippen molar-refractivity contribution in [2.45, 2.75) is 18.1 Å². The first-order valence-corrected chi connectivity index (χ1v) is 6.27. The first kappa shape index (κ1) is 13.2. The summed E-state index contributed by atoms with van der Waals surface area (Å²) in [6.45, 7) is 1.60. The third-order valence-corrected chi connectivity index (χ3v) is 3.80. The summed E-state index contributed by atoms with van der Waals surface area (Å²) >= 11 is 0. The number of anilines is 1. The quantitative estimate of drug-likeness (QED) is 0.862. The minimum atomic E-state index is -4.38. The number of halogens is 3. The molecule has 1 spiro atoms. The van der Waals surface area contributed by atoms with E-state index in [9.17, 15) is 18.0 Å². The van der Waals surface area contributed by atoms with Crippen molar-refractivity contribution in [3.05, 3.63) is 29.8 Å². The fourth-order valence-electron chi connectivity index (χ4n) is 2.74. The van der Waals surface area contributed by atoms with Gasteiger partial charge in [-0.3, -0.25) is 4.90 Å². The van der Waals surface area contributed by atoms with Gasteiger partial charge in [-0.05, 0) is 37.2 Å². The van der Waals surface area contributed by atoms with Crippen LogP contribution in [0.4, 0.5) is 23.7 Å². The van der Waals surface area contributed by atoms with Gasteiger partial charge in [-0.1, -0.05) is 0 Å². The minimum Gasteiger partial charge on any atom is -0.447 e. The van der Waals surface area contributed by atoms with Crippen molar-refractivity contribution in [3.63, 3.8) is 0 Å². The van der Waals surface area contributed by atoms with Crippen LogP contribution >= 0.6 is 0 Å². The van der Waals surface area contributed by atoms with E-state index < -0.39 is 23.4 Å². The third kappa shape index (κ3) is 2.02. The van der Waals surface area contributed by atoms with Gasteiger partial charge >= 0.3 is 12.3 Å². The Kier molecular flexibility index (Phi) is 2.89. The van der Waals surface area contributed by atoms with E-state index in [1.807, 2.05) is 0 Å². The van der Waals surface area contributed by atoms with Crippen LogP contribution in [-0.4, -0.2) is 31.3 Å². The van der Waals surface area contributed by atoms with E-state index in [0.717, 1.165) is 25.1 Å². The SMILES string of the molecule is O=C1OCC2(CCNC2)N1c1ccc(C(F)(F)F)cc1. The maximum absolute atomic E-state index is 12.6. The zero-order chi connectivity index (χ0) is 14.4. The van der Waals surface area contributed by atoms with Crippen molar-refractivity contribution >= 4 is 11.8 Å². The van der Waals surface area contributed by atoms with Crippen LogP contribution in [-0.2, 0) is 10.9 Å². The molecule has 0 bridgehead atoms. The molecule has 2 heterocycles. The Morgan fingerprint density at radius 2 is 1.95 bits per heavy atom. The second kappa shape index (κ2) is 4.37. The highest BCUT2D eigenvalue weighted by molar-refractivity contribution is 5.91. The number of rotatable bonds is 1. The van der Waals surface area contributed by atoms with E-state index in [4.69, 9.17) is 4.74 Å². The highest BCUT2D eigenvalue weighted by atomic mass is 19.4. The monoisotopic (exact) mass is 286 g/mol. The van der Waals surface area contributed by atoms with Gasteiger partial charge in [-0.15, -0.1) is 0 Å². The van der Waals surface area contributed by atoms with E-state index in [1.165, 1.54) is 17.0 Å². The molecule has 7 heteroatoms. The molecule has 1 N–H and O–H groups in total. The summed E-state index contributed by atoms with van der Waals surface area (Å²) in [5.74, 6) is 0. The number of nitrogens with one attached hydrogen (secondary N) is 1. The van der Waals surface area contributed by atoms with Crippen molar-refractivity contribution in [3.8, 4) is 0 Å². The molecule has 0 aromatic heterocycles. The van der Waals surface area contributed by atoms with Gasteiger partial charge in [0.1, 0.15) is 6.61 Å². The molecule has 1 aromatic carbocycles. The van der Waals surface area contributed by atoms with Gasteiger partial charge in [-0.25, -0.2) is 4.79 Å². The van der Waals surface area contributed by atoms with Crippen LogP contribution in [0, 0.1) is 0 Å². The molecule has 2 saturated heterocycles. The molecule has 4 nitrogen and oxygen atoms in total. The van der Waals surface area contributed by atoms with Crippen molar-refractivity contribution in [1.82, 2.24) is 5.32 Å². The fourth-order valence-corrected chi connectivity index (χ4v) is 2.74. The van der Waals surface area contributed by atoms with Gasteiger partial charge in [0.25, 0.3) is 0 Å². The molecule has 2 aliphatic heterocycles. The Morgan fingerprint density at radius 3 is 2.50 bits per heavy atom. The van der Waals surface area contributed by atoms with Crippen molar-refractivity contribution < 1.29 is 22.7 Å². The fraction of sp³-hybridized carbons (Fsp3) is 0.462. The lowest BCUT2D eigenvalue weighted by atomic mass is 9.97. The predicted molar refractivity (Wildman–Crippen MR) is 65.5 cm³/mol. The average Bonchev–Trinajstić information content (AvgIpc) is 2.98. The Morgan fingerprint density at radius 1 is 1.25 bits per heavy atom. The lowest BCUT2D eigenvalue weighted by molar-refractivity contribution is -0.137. The van der Waals surface area contributed by atoms with Gasteiger partial charge in [0.2, 0.25) is 0 Å². The van der Waals surface area contributed by atoms with Gasteiger partial charge in [0.15, 0.2) is 0 Å². The molecular weight excluding hydrogens is 273 g/mol. The molecule has 1 amide bonds. The van der Waals surface area contributed by atoms with Crippen molar-refractivity contribution in [2.24, 2.45) is 0 Å². The Labute approximate surface area is 113 Å². The number of benzene rings is 1. The normalized spacial score (nSPS) is 26.4. The number of cyclic esters (lactones) is 1. The largest absolute Gasteiger partial charge is 0.447 e. The molecule has 20 heavy (non-hydrogen) atoms. The summed E-state index contributed by atoms with van der Waals surface area (Å²) in [5, 5.41) is 3.16. The second-order valence-corrected chi connectivity index (χ2v) is 5.09. The maximum atomic E-state index is 12.6. The molecule has 2 fully saturated rings. The topological polar surface area (TPSA) is 41.6 Å². The number of carbonyl (C=O) groups is 1. The Hall–Kier alpha value is -1.76. The molecule has 108 valence electrons. The first-order valence-electron chi connectivity index (χ1n) is 6.27.